The molecule has 0 aromatic carbocycles. The van der Waals surface area contributed by atoms with E-state index in [2.05, 4.69) is 21.8 Å². The van der Waals surface area contributed by atoms with Crippen molar-refractivity contribution in [1.82, 2.24) is 9.97 Å². The number of thiazole rings is 1. The summed E-state index contributed by atoms with van der Waals surface area (Å²) in [5.74, 6) is 5.78. The number of amides is 1. The smallest absolute Gasteiger partial charge is 0.290 e. The van der Waals surface area contributed by atoms with Gasteiger partial charge in [0.05, 0.1) is 18.7 Å². The normalized spacial score (nSPS) is 11.0. The van der Waals surface area contributed by atoms with Gasteiger partial charge in [0.1, 0.15) is 10.0 Å². The summed E-state index contributed by atoms with van der Waals surface area (Å²) in [7, 11) is 0. The van der Waals surface area contributed by atoms with Gasteiger partial charge in [-0.25, -0.2) is 4.98 Å². The van der Waals surface area contributed by atoms with Gasteiger partial charge in [-0.05, 0) is 26.0 Å². The van der Waals surface area contributed by atoms with E-state index < -0.39 is 12.6 Å². The molecule has 0 bridgehead atoms. The summed E-state index contributed by atoms with van der Waals surface area (Å²) in [6.07, 6.45) is -1.49. The molecule has 2 aromatic rings. The molecular weight excluding hydrogens is 407 g/mol. The van der Waals surface area contributed by atoms with Crippen LogP contribution >= 0.6 is 23.1 Å². The molecule has 0 N–H and O–H groups in total. The number of aryl methyl sites for hydroxylation is 1. The minimum atomic E-state index is -4.16. The Morgan fingerprint density at radius 3 is 2.79 bits per heavy atom. The quantitative estimate of drug-likeness (QED) is 0.442. The Balaban J connectivity index is 2.07. The third-order valence-electron chi connectivity index (χ3n) is 3.63. The Morgan fingerprint density at radius 2 is 2.14 bits per heavy atom. The van der Waals surface area contributed by atoms with Gasteiger partial charge in [-0.2, -0.15) is 24.9 Å². The molecule has 28 heavy (non-hydrogen) atoms. The van der Waals surface area contributed by atoms with Crippen LogP contribution in [-0.4, -0.2) is 40.1 Å². The van der Waals surface area contributed by atoms with Crippen LogP contribution in [0.25, 0.3) is 10.6 Å². The number of carbonyl (C=O) groups excluding carboxylic acids is 1. The van der Waals surface area contributed by atoms with Crippen LogP contribution in [0.2, 0.25) is 0 Å². The summed E-state index contributed by atoms with van der Waals surface area (Å²) >= 11 is 2.50. The Morgan fingerprint density at radius 1 is 1.36 bits per heavy atom. The molecule has 2 rings (SSSR count). The van der Waals surface area contributed by atoms with Crippen molar-refractivity contribution in [3.8, 4) is 22.4 Å². The molecule has 4 nitrogen and oxygen atoms in total. The first-order chi connectivity index (χ1) is 13.3. The molecule has 0 aliphatic rings. The Kier molecular flexibility index (Phi) is 8.33. The molecule has 0 atom stereocenters. The number of nitrogens with zero attached hydrogens (tertiary/aromatic N) is 3. The van der Waals surface area contributed by atoms with Gasteiger partial charge in [0.25, 0.3) is 0 Å². The van der Waals surface area contributed by atoms with Crippen LogP contribution in [0, 0.1) is 18.8 Å². The first kappa shape index (κ1) is 22.2. The van der Waals surface area contributed by atoms with Gasteiger partial charge in [-0.1, -0.05) is 17.3 Å². The van der Waals surface area contributed by atoms with Crippen molar-refractivity contribution in [2.45, 2.75) is 32.9 Å². The number of pyridine rings is 1. The zero-order chi connectivity index (χ0) is 20.6. The third-order valence-corrected chi connectivity index (χ3v) is 5.85. The summed E-state index contributed by atoms with van der Waals surface area (Å²) < 4.78 is 36.6. The van der Waals surface area contributed by atoms with Crippen molar-refractivity contribution in [2.75, 3.05) is 23.0 Å². The Bertz CT molecular complexity index is 842. The van der Waals surface area contributed by atoms with Gasteiger partial charge in [0.2, 0.25) is 5.91 Å². The standard InChI is InChI=1S/C19H20F3N3OS2/c1-3-4-10-25(16(26)7-11-27-12-8-19(20,21)22)18-14(2)24-17(28-18)15-6-5-9-23-13-15/h5-6,9,13H,7-8,10-12H2,1-2H3. The van der Waals surface area contributed by atoms with E-state index in [1.54, 1.807) is 24.2 Å². The van der Waals surface area contributed by atoms with E-state index >= 15 is 0 Å². The molecule has 0 aliphatic carbocycles. The number of aromatic nitrogens is 2. The number of rotatable bonds is 8. The van der Waals surface area contributed by atoms with Crippen molar-refractivity contribution in [3.05, 3.63) is 30.2 Å². The minimum absolute atomic E-state index is 0.0454. The molecule has 0 aliphatic heterocycles. The first-order valence-corrected chi connectivity index (χ1v) is 10.5. The highest BCUT2D eigenvalue weighted by Crippen LogP contribution is 2.34. The topological polar surface area (TPSA) is 46.1 Å². The average Bonchev–Trinajstić information content (AvgIpc) is 3.03. The molecule has 0 spiro atoms. The lowest BCUT2D eigenvalue weighted by molar-refractivity contribution is -0.129. The summed E-state index contributed by atoms with van der Waals surface area (Å²) in [4.78, 5) is 22.9. The van der Waals surface area contributed by atoms with Gasteiger partial charge in [0.15, 0.2) is 0 Å². The number of thioether (sulfide) groups is 1. The monoisotopic (exact) mass is 427 g/mol. The molecule has 0 saturated carbocycles. The number of hydrogen-bond acceptors (Lipinski definition) is 5. The fourth-order valence-corrected chi connectivity index (χ4v) is 4.24. The zero-order valence-electron chi connectivity index (χ0n) is 15.5. The van der Waals surface area contributed by atoms with Crippen molar-refractivity contribution in [3.63, 3.8) is 0 Å². The lowest BCUT2D eigenvalue weighted by atomic mass is 10.3. The number of hydrogen-bond donors (Lipinski definition) is 0. The molecule has 0 unspecified atom stereocenters. The van der Waals surface area contributed by atoms with Crippen LogP contribution in [0.4, 0.5) is 18.2 Å². The maximum absolute atomic E-state index is 12.7. The van der Waals surface area contributed by atoms with Crippen LogP contribution in [0.3, 0.4) is 0 Å². The predicted octanol–water partition coefficient (Wildman–Crippen LogP) is 4.95. The fraction of sp³-hybridized carbons (Fsp3) is 0.421. The van der Waals surface area contributed by atoms with Crippen molar-refractivity contribution in [1.29, 1.82) is 0 Å². The van der Waals surface area contributed by atoms with Gasteiger partial charge in [0, 0.05) is 35.9 Å². The summed E-state index contributed by atoms with van der Waals surface area (Å²) in [5.41, 5.74) is 1.57. The zero-order valence-corrected chi connectivity index (χ0v) is 17.2. The molecule has 1 amide bonds. The molecule has 2 heterocycles. The molecule has 2 aromatic heterocycles. The highest BCUT2D eigenvalue weighted by atomic mass is 32.2. The van der Waals surface area contributed by atoms with Gasteiger partial charge >= 0.3 is 6.18 Å². The van der Waals surface area contributed by atoms with Crippen molar-refractivity contribution < 1.29 is 18.0 Å². The number of alkyl halides is 3. The van der Waals surface area contributed by atoms with Crippen LogP contribution in [-0.2, 0) is 4.79 Å². The second kappa shape index (κ2) is 10.5. The average molecular weight is 428 g/mol. The molecule has 0 saturated heterocycles. The van der Waals surface area contributed by atoms with Gasteiger partial charge in [-0.3, -0.25) is 14.7 Å². The molecular formula is C19H20F3N3OS2. The van der Waals surface area contributed by atoms with Crippen LogP contribution < -0.4 is 4.90 Å². The van der Waals surface area contributed by atoms with Crippen LogP contribution in [0.1, 0.15) is 25.5 Å². The number of carbonyl (C=O) groups is 1. The molecule has 9 heteroatoms. The molecule has 0 radical (unpaired) electrons. The maximum atomic E-state index is 12.7. The summed E-state index contributed by atoms with van der Waals surface area (Å²) in [6.45, 7) is 3.73. The van der Waals surface area contributed by atoms with E-state index in [1.807, 2.05) is 19.1 Å². The van der Waals surface area contributed by atoms with E-state index in [0.717, 1.165) is 22.3 Å². The highest BCUT2D eigenvalue weighted by molar-refractivity contribution is 7.99. The second-order valence-corrected chi connectivity index (χ2v) is 7.99. The lowest BCUT2D eigenvalue weighted by Gasteiger charge is -2.19. The highest BCUT2D eigenvalue weighted by Gasteiger charge is 2.26. The first-order valence-electron chi connectivity index (χ1n) is 8.54. The van der Waals surface area contributed by atoms with E-state index in [0.29, 0.717) is 16.4 Å². The number of halogens is 3. The molecule has 150 valence electrons. The van der Waals surface area contributed by atoms with Crippen molar-refractivity contribution >= 4 is 34.0 Å². The summed E-state index contributed by atoms with van der Waals surface area (Å²) in [5, 5.41) is 1.45. The van der Waals surface area contributed by atoms with E-state index in [-0.39, 0.29) is 24.6 Å². The second-order valence-electron chi connectivity index (χ2n) is 5.79. The third kappa shape index (κ3) is 6.84. The largest absolute Gasteiger partial charge is 0.389 e. The van der Waals surface area contributed by atoms with Crippen LogP contribution in [0.5, 0.6) is 0 Å². The molecule has 0 fully saturated rings. The van der Waals surface area contributed by atoms with Crippen molar-refractivity contribution in [2.24, 2.45) is 0 Å². The van der Waals surface area contributed by atoms with Gasteiger partial charge < -0.3 is 0 Å². The van der Waals surface area contributed by atoms with E-state index in [1.165, 1.54) is 11.3 Å². The minimum Gasteiger partial charge on any atom is -0.290 e. The van der Waals surface area contributed by atoms with Gasteiger partial charge in [-0.15, -0.1) is 5.92 Å². The summed E-state index contributed by atoms with van der Waals surface area (Å²) in [6, 6.07) is 3.71. The maximum Gasteiger partial charge on any atom is 0.389 e. The number of anilines is 1. The predicted molar refractivity (Wildman–Crippen MR) is 108 cm³/mol. The van der Waals surface area contributed by atoms with Crippen LogP contribution in [0.15, 0.2) is 24.5 Å². The van der Waals surface area contributed by atoms with E-state index in [9.17, 15) is 18.0 Å². The van der Waals surface area contributed by atoms with E-state index in [4.69, 9.17) is 0 Å². The Labute approximate surface area is 170 Å². The SMILES string of the molecule is CC#CCN(C(=O)CCSCCC(F)(F)F)c1sc(-c2cccnc2)nc1C. The Hall–Kier alpha value is -2.05. The fourth-order valence-electron chi connectivity index (χ4n) is 2.27. The lowest BCUT2D eigenvalue weighted by Crippen LogP contribution is -2.31.